The second-order valence-corrected chi connectivity index (χ2v) is 22.7. The van der Waals surface area contributed by atoms with Crippen LogP contribution < -0.4 is 35.9 Å². The van der Waals surface area contributed by atoms with E-state index >= 15 is 0 Å². The van der Waals surface area contributed by atoms with Crippen LogP contribution in [0.1, 0.15) is 96.4 Å². The van der Waals surface area contributed by atoms with Crippen molar-refractivity contribution >= 4 is 64.0 Å². The van der Waals surface area contributed by atoms with Crippen LogP contribution in [0.5, 0.6) is 0 Å². The Hall–Kier alpha value is -4.10. The van der Waals surface area contributed by atoms with Crippen LogP contribution in [-0.2, 0) is 68.3 Å². The average Bonchev–Trinajstić information content (AvgIpc) is 3.84. The minimum atomic E-state index is -5.94. The Morgan fingerprint density at radius 3 is 2.20 bits per heavy atom. The molecule has 70 heavy (non-hydrogen) atoms. The highest BCUT2D eigenvalue weighted by atomic mass is 31.3. The minimum absolute atomic E-state index is 0.0278. The van der Waals surface area contributed by atoms with Crippen molar-refractivity contribution in [1.82, 2.24) is 30.2 Å². The maximum absolute atomic E-state index is 13.2. The van der Waals surface area contributed by atoms with Gasteiger partial charge < -0.3 is 74.1 Å². The number of aromatic nitrogens is 4. The van der Waals surface area contributed by atoms with Crippen molar-refractivity contribution in [2.45, 2.75) is 123 Å². The van der Waals surface area contributed by atoms with E-state index in [1.165, 1.54) is 25.0 Å². The number of nitrogens with two attached hydrogens (primary N) is 1. The van der Waals surface area contributed by atoms with Crippen molar-refractivity contribution in [3.05, 3.63) is 48.0 Å². The number of fused-ring (bicyclic) bond motifs is 1. The average molecular weight is 1050 g/mol. The zero-order valence-electron chi connectivity index (χ0n) is 38.8. The lowest BCUT2D eigenvalue weighted by Crippen LogP contribution is -2.46. The van der Waals surface area contributed by atoms with E-state index < -0.39 is 101 Å². The van der Waals surface area contributed by atoms with Crippen LogP contribution >= 0.6 is 23.5 Å². The summed E-state index contributed by atoms with van der Waals surface area (Å²) in [7, 11) is -17.7. The Morgan fingerprint density at radius 2 is 1.57 bits per heavy atom. The molecule has 29 heteroatoms. The van der Waals surface area contributed by atoms with E-state index in [0.717, 1.165) is 55.7 Å². The van der Waals surface area contributed by atoms with Crippen molar-refractivity contribution in [1.29, 1.82) is 0 Å². The summed E-state index contributed by atoms with van der Waals surface area (Å²) in [5.41, 5.74) is 5.15. The number of carbonyl (C=O) groups is 4. The molecule has 7 unspecified atom stereocenters. The van der Waals surface area contributed by atoms with E-state index in [1.54, 1.807) is 13.8 Å². The molecular formula is C41H58N7O19P3-4. The number of nitrogens with one attached hydrogen (secondary N) is 2. The summed E-state index contributed by atoms with van der Waals surface area (Å²) in [4.78, 5) is 110. The number of benzene rings is 1. The normalized spacial score (nSPS) is 21.4. The number of rotatable bonds is 29. The van der Waals surface area contributed by atoms with Gasteiger partial charge >= 0.3 is 5.97 Å². The highest BCUT2D eigenvalue weighted by Gasteiger charge is 2.49. The Bertz CT molecular complexity index is 2500. The summed E-state index contributed by atoms with van der Waals surface area (Å²) in [6.07, 6.45) is -1.76. The zero-order chi connectivity index (χ0) is 51.9. The van der Waals surface area contributed by atoms with E-state index in [-0.39, 0.29) is 48.7 Å². The first-order valence-electron chi connectivity index (χ1n) is 22.2. The third kappa shape index (κ3) is 15.7. The van der Waals surface area contributed by atoms with Gasteiger partial charge in [0.05, 0.1) is 32.8 Å². The van der Waals surface area contributed by atoms with Crippen LogP contribution in [0.3, 0.4) is 0 Å². The number of ether oxygens (including phenoxy) is 1. The molecule has 3 aromatic rings. The molecule has 1 aliphatic heterocycles. The molecule has 2 fully saturated rings. The number of phosphoric acid groups is 3. The number of carbonyl (C=O) groups excluding carboxylic acids is 3. The Kier molecular flexibility index (Phi) is 18.8. The highest BCUT2D eigenvalue weighted by molar-refractivity contribution is 7.59. The van der Waals surface area contributed by atoms with E-state index in [1.807, 2.05) is 18.2 Å². The third-order valence-electron chi connectivity index (χ3n) is 12.2. The standard InChI is InChI=1S/C41H62N7O19P3/c1-39(2,38(54)55)15-7-11-25-9-5-6-10-26(25)12-8-16-41(17-18-41)28(49)13-19-43-29(50)14-20-44-36(53)33(52)40(3,4)22-64-70(61,62)67-69(59,60)63-21-27-32(66-68(56,57)58)31(51)37(65-27)48-24-47-30-34(42)45-23-46-35(30)48/h5-6,9-10,23-24,27,31-33,37,51-52H,7-8,11-22H2,1-4H3,(H,43,50)(H,44,53)(H,54,55)(H,59,60)(H,61,62)(H2,42,45,46)(H2,56,57,58)/p-4. The van der Waals surface area contributed by atoms with Gasteiger partial charge in [-0.1, -0.05) is 38.1 Å². The highest BCUT2D eigenvalue weighted by Crippen LogP contribution is 2.57. The fourth-order valence-electron chi connectivity index (χ4n) is 7.81. The fourth-order valence-corrected chi connectivity index (χ4v) is 10.5. The number of nitrogens with zero attached hydrogens (tertiary/aromatic N) is 4. The predicted molar refractivity (Wildman–Crippen MR) is 236 cm³/mol. The Balaban J connectivity index is 1.00. The SMILES string of the molecule is CC(C)(CCCc1ccccc1CCCC1(C(=O)CCNC(=O)CCNC(=O)C(O)C(C)(C)COP(=O)([O-])OP(=O)([O-])OCC2OC(n3cnc4c(N)ncnc43)C(O)C2OP(=O)([O-])[O-])CC1)C(=O)O. The van der Waals surface area contributed by atoms with Crippen LogP contribution in [0, 0.1) is 16.2 Å². The molecule has 390 valence electrons. The van der Waals surface area contributed by atoms with Gasteiger partial charge in [0.15, 0.2) is 17.7 Å². The summed E-state index contributed by atoms with van der Waals surface area (Å²) in [6, 6.07) is 8.03. The summed E-state index contributed by atoms with van der Waals surface area (Å²) in [5, 5.41) is 35.9. The molecule has 26 nitrogen and oxygen atoms in total. The summed E-state index contributed by atoms with van der Waals surface area (Å²) in [6.45, 7) is 3.34. The lowest BCUT2D eigenvalue weighted by atomic mass is 9.85. The molecule has 7 N–H and O–H groups in total. The number of carboxylic acids is 1. The maximum atomic E-state index is 13.2. The van der Waals surface area contributed by atoms with Gasteiger partial charge in [0.1, 0.15) is 42.0 Å². The first kappa shape index (κ1) is 56.8. The van der Waals surface area contributed by atoms with Gasteiger partial charge in [-0.2, -0.15) is 0 Å². The number of amides is 2. The van der Waals surface area contributed by atoms with Crippen molar-refractivity contribution in [3.8, 4) is 0 Å². The van der Waals surface area contributed by atoms with Gasteiger partial charge in [-0.3, -0.25) is 32.9 Å². The number of aliphatic hydroxyl groups excluding tert-OH is 2. The number of phosphoric ester groups is 3. The first-order valence-corrected chi connectivity index (χ1v) is 26.6. The number of hydrogen-bond donors (Lipinski definition) is 6. The van der Waals surface area contributed by atoms with Gasteiger partial charge in [-0.25, -0.2) is 19.3 Å². The topological polar surface area (TPSA) is 412 Å². The van der Waals surface area contributed by atoms with Gasteiger partial charge in [0.25, 0.3) is 15.6 Å². The molecule has 2 amide bonds. The van der Waals surface area contributed by atoms with Crippen molar-refractivity contribution in [2.24, 2.45) is 16.2 Å². The van der Waals surface area contributed by atoms with Gasteiger partial charge in [0.2, 0.25) is 11.8 Å². The zero-order valence-corrected chi connectivity index (χ0v) is 41.5. The molecule has 2 aromatic heterocycles. The van der Waals surface area contributed by atoms with Crippen molar-refractivity contribution in [2.75, 3.05) is 32.0 Å². The molecule has 2 aliphatic rings. The maximum Gasteiger partial charge on any atom is 0.309 e. The number of carboxylic acid groups (broad SMARTS) is 1. The molecule has 0 radical (unpaired) electrons. The predicted octanol–water partition coefficient (Wildman–Crippen LogP) is 0.0727. The monoisotopic (exact) mass is 1050 g/mol. The molecule has 5 rings (SSSR count). The molecule has 1 saturated carbocycles. The summed E-state index contributed by atoms with van der Waals surface area (Å²) in [5.74, 6) is -2.39. The van der Waals surface area contributed by atoms with E-state index in [4.69, 9.17) is 10.5 Å². The lowest BCUT2D eigenvalue weighted by Gasteiger charge is -2.36. The summed E-state index contributed by atoms with van der Waals surface area (Å²) >= 11 is 0. The third-order valence-corrected chi connectivity index (χ3v) is 15.2. The van der Waals surface area contributed by atoms with Gasteiger partial charge in [-0.15, -0.1) is 0 Å². The minimum Gasteiger partial charge on any atom is -0.790 e. The Labute approximate surface area is 402 Å². The van der Waals surface area contributed by atoms with E-state index in [0.29, 0.717) is 12.8 Å². The number of Topliss-reactive ketones (excluding diaryl/α,β-unsaturated/α-hetero) is 1. The second-order valence-electron chi connectivity index (χ2n) is 18.6. The number of aryl methyl sites for hydroxylation is 2. The smallest absolute Gasteiger partial charge is 0.309 e. The number of ketones is 1. The van der Waals surface area contributed by atoms with Crippen LogP contribution in [0.25, 0.3) is 11.2 Å². The quantitative estimate of drug-likeness (QED) is 0.0501. The van der Waals surface area contributed by atoms with Gasteiger partial charge in [0, 0.05) is 36.8 Å². The second kappa shape index (κ2) is 23.2. The molecule has 1 aromatic carbocycles. The molecule has 1 aliphatic carbocycles. The largest absolute Gasteiger partial charge is 0.790 e. The first-order chi connectivity index (χ1) is 32.6. The number of anilines is 1. The lowest BCUT2D eigenvalue weighted by molar-refractivity contribution is -0.347. The fraction of sp³-hybridized carbons (Fsp3) is 0.634. The van der Waals surface area contributed by atoms with Crippen LogP contribution in [0.2, 0.25) is 0 Å². The molecule has 1 saturated heterocycles. The number of aliphatic hydroxyl groups is 2. The van der Waals surface area contributed by atoms with Gasteiger partial charge in [-0.05, 0) is 76.3 Å². The number of hydrogen-bond acceptors (Lipinski definition) is 22. The molecule has 0 spiro atoms. The van der Waals surface area contributed by atoms with Crippen LogP contribution in [0.4, 0.5) is 5.82 Å². The van der Waals surface area contributed by atoms with Crippen molar-refractivity contribution < 1.29 is 90.4 Å². The molecule has 3 heterocycles. The molecule has 0 bridgehead atoms. The number of aliphatic carboxylic acids is 1. The number of imidazole rings is 1. The molecular weight excluding hydrogens is 987 g/mol. The van der Waals surface area contributed by atoms with Crippen LogP contribution in [0.15, 0.2) is 36.9 Å². The number of nitrogen functional groups attached to an aromatic ring is 1. The molecule has 7 atom stereocenters. The van der Waals surface area contributed by atoms with Crippen molar-refractivity contribution in [3.63, 3.8) is 0 Å². The van der Waals surface area contributed by atoms with E-state index in [2.05, 4.69) is 49.5 Å². The van der Waals surface area contributed by atoms with Crippen LogP contribution in [-0.4, -0.2) is 109 Å². The van der Waals surface area contributed by atoms with E-state index in [9.17, 15) is 67.8 Å². The Morgan fingerprint density at radius 1 is 0.943 bits per heavy atom. The summed E-state index contributed by atoms with van der Waals surface area (Å²) < 4.78 is 61.0.